The highest BCUT2D eigenvalue weighted by Crippen LogP contribution is 2.47. The first-order valence-corrected chi connectivity index (χ1v) is 11.7. The zero-order valence-electron chi connectivity index (χ0n) is 19.4. The molecule has 1 saturated heterocycles. The number of amides is 1. The number of halogens is 4. The SMILES string of the molecule is CC(C)[C@]1(C(=O)NCc2cc(F)cc(C(F)(F)F)c2)CC[C@@H](N2CCC(n3ncnn3)CC2)C1. The lowest BCUT2D eigenvalue weighted by Crippen LogP contribution is -2.46. The molecule has 2 heterocycles. The Balaban J connectivity index is 1.38. The van der Waals surface area contributed by atoms with Gasteiger partial charge in [-0.3, -0.25) is 4.79 Å². The van der Waals surface area contributed by atoms with Crippen molar-refractivity contribution in [2.24, 2.45) is 11.3 Å². The summed E-state index contributed by atoms with van der Waals surface area (Å²) in [6.45, 7) is 5.64. The number of carbonyl (C=O) groups excluding carboxylic acids is 1. The third-order valence-corrected chi connectivity index (χ3v) is 7.53. The molecule has 1 aliphatic carbocycles. The summed E-state index contributed by atoms with van der Waals surface area (Å²) in [6.07, 6.45) is 0.908. The summed E-state index contributed by atoms with van der Waals surface area (Å²) < 4.78 is 52.8. The second kappa shape index (κ2) is 9.59. The van der Waals surface area contributed by atoms with Crippen LogP contribution in [0.2, 0.25) is 0 Å². The fourth-order valence-electron chi connectivity index (χ4n) is 5.45. The third kappa shape index (κ3) is 5.08. The number of hydrogen-bond acceptors (Lipinski definition) is 5. The van der Waals surface area contributed by atoms with Crippen LogP contribution in [0.4, 0.5) is 17.6 Å². The maximum Gasteiger partial charge on any atom is 0.416 e. The topological polar surface area (TPSA) is 75.9 Å². The van der Waals surface area contributed by atoms with E-state index in [1.807, 2.05) is 13.8 Å². The highest BCUT2D eigenvalue weighted by atomic mass is 19.4. The molecule has 2 aliphatic rings. The van der Waals surface area contributed by atoms with Gasteiger partial charge in [-0.05, 0) is 67.0 Å². The molecule has 2 aromatic rings. The van der Waals surface area contributed by atoms with E-state index >= 15 is 0 Å². The maximum atomic E-state index is 13.7. The van der Waals surface area contributed by atoms with E-state index in [2.05, 4.69) is 25.6 Å². The predicted molar refractivity (Wildman–Crippen MR) is 116 cm³/mol. The smallest absolute Gasteiger partial charge is 0.352 e. The Hall–Kier alpha value is -2.56. The molecule has 2 atom stereocenters. The lowest BCUT2D eigenvalue weighted by atomic mass is 9.74. The molecule has 11 heteroatoms. The summed E-state index contributed by atoms with van der Waals surface area (Å²) in [7, 11) is 0. The first-order valence-electron chi connectivity index (χ1n) is 11.7. The van der Waals surface area contributed by atoms with Crippen molar-refractivity contribution >= 4 is 5.91 Å². The van der Waals surface area contributed by atoms with Crippen LogP contribution < -0.4 is 5.32 Å². The van der Waals surface area contributed by atoms with Crippen molar-refractivity contribution in [2.45, 2.75) is 70.8 Å². The van der Waals surface area contributed by atoms with Crippen molar-refractivity contribution in [3.8, 4) is 0 Å². The molecule has 1 aromatic carbocycles. The van der Waals surface area contributed by atoms with Gasteiger partial charge in [0.2, 0.25) is 5.91 Å². The van der Waals surface area contributed by atoms with Crippen molar-refractivity contribution in [2.75, 3.05) is 13.1 Å². The van der Waals surface area contributed by atoms with Crippen molar-refractivity contribution in [1.29, 1.82) is 0 Å². The highest BCUT2D eigenvalue weighted by Gasteiger charge is 2.49. The largest absolute Gasteiger partial charge is 0.416 e. The monoisotopic (exact) mass is 482 g/mol. The Morgan fingerprint density at radius 1 is 1.18 bits per heavy atom. The normalized spacial score (nSPS) is 24.6. The maximum absolute atomic E-state index is 13.7. The van der Waals surface area contributed by atoms with E-state index in [9.17, 15) is 22.4 Å². The van der Waals surface area contributed by atoms with Gasteiger partial charge in [0.1, 0.15) is 5.82 Å². The lowest BCUT2D eigenvalue weighted by Gasteiger charge is -2.37. The molecule has 1 saturated carbocycles. The number of aromatic nitrogens is 4. The Morgan fingerprint density at radius 2 is 1.91 bits per heavy atom. The molecule has 34 heavy (non-hydrogen) atoms. The van der Waals surface area contributed by atoms with Crippen LogP contribution in [0.25, 0.3) is 0 Å². The molecular formula is C23H30F4N6O. The summed E-state index contributed by atoms with van der Waals surface area (Å²) in [5.74, 6) is -1.08. The lowest BCUT2D eigenvalue weighted by molar-refractivity contribution is -0.137. The summed E-state index contributed by atoms with van der Waals surface area (Å²) in [5.41, 5.74) is -1.56. The average molecular weight is 483 g/mol. The number of tetrazole rings is 1. The Labute approximate surface area is 195 Å². The summed E-state index contributed by atoms with van der Waals surface area (Å²) >= 11 is 0. The predicted octanol–water partition coefficient (Wildman–Crippen LogP) is 3.98. The van der Waals surface area contributed by atoms with Crippen molar-refractivity contribution < 1.29 is 22.4 Å². The van der Waals surface area contributed by atoms with Gasteiger partial charge < -0.3 is 10.2 Å². The Morgan fingerprint density at radius 3 is 2.53 bits per heavy atom. The van der Waals surface area contributed by atoms with Gasteiger partial charge in [-0.25, -0.2) is 4.39 Å². The summed E-state index contributed by atoms with van der Waals surface area (Å²) in [6, 6.07) is 2.88. The second-order valence-electron chi connectivity index (χ2n) is 9.76. The van der Waals surface area contributed by atoms with Crippen LogP contribution in [0, 0.1) is 17.2 Å². The fraction of sp³-hybridized carbons (Fsp3) is 0.652. The first kappa shape index (κ1) is 24.6. The standard InChI is InChI=1S/C23H30F4N6O/c1-15(2)22(21(34)28-13-16-9-17(23(25,26)27)11-18(24)10-16)6-3-20(12-22)32-7-4-19(5-8-32)33-30-14-29-31-33/h9-11,14-15,19-20H,3-8,12-13H2,1-2H3,(H,28,34)/t20-,22+/m1/s1. The molecule has 1 N–H and O–H groups in total. The molecular weight excluding hydrogens is 452 g/mol. The van der Waals surface area contributed by atoms with Crippen LogP contribution in [0.15, 0.2) is 24.5 Å². The van der Waals surface area contributed by atoms with Gasteiger partial charge in [-0.15, -0.1) is 10.2 Å². The van der Waals surface area contributed by atoms with Crippen molar-refractivity contribution in [3.05, 3.63) is 41.5 Å². The molecule has 2 fully saturated rings. The zero-order chi connectivity index (χ0) is 24.5. The van der Waals surface area contributed by atoms with E-state index < -0.39 is 23.0 Å². The third-order valence-electron chi connectivity index (χ3n) is 7.53. The molecule has 0 radical (unpaired) electrons. The molecule has 1 aromatic heterocycles. The minimum Gasteiger partial charge on any atom is -0.352 e. The second-order valence-corrected chi connectivity index (χ2v) is 9.76. The van der Waals surface area contributed by atoms with Crippen LogP contribution >= 0.6 is 0 Å². The molecule has 7 nitrogen and oxygen atoms in total. The van der Waals surface area contributed by atoms with Crippen LogP contribution in [0.5, 0.6) is 0 Å². The van der Waals surface area contributed by atoms with Crippen molar-refractivity contribution in [3.63, 3.8) is 0 Å². The number of carbonyl (C=O) groups is 1. The summed E-state index contributed by atoms with van der Waals surface area (Å²) in [5, 5.41) is 14.7. The van der Waals surface area contributed by atoms with Gasteiger partial charge in [-0.2, -0.15) is 18.0 Å². The van der Waals surface area contributed by atoms with Crippen LogP contribution in [0.3, 0.4) is 0 Å². The van der Waals surface area contributed by atoms with Crippen LogP contribution in [0.1, 0.15) is 63.1 Å². The van der Waals surface area contributed by atoms with Gasteiger partial charge in [-0.1, -0.05) is 13.8 Å². The van der Waals surface area contributed by atoms with E-state index in [1.165, 1.54) is 6.33 Å². The number of likely N-dealkylation sites (tertiary alicyclic amines) is 1. The summed E-state index contributed by atoms with van der Waals surface area (Å²) in [4.78, 5) is 17.4. The molecule has 1 aliphatic heterocycles. The fourth-order valence-corrected chi connectivity index (χ4v) is 5.45. The minimum absolute atomic E-state index is 0.0626. The zero-order valence-corrected chi connectivity index (χ0v) is 19.4. The van der Waals surface area contributed by atoms with Gasteiger partial charge in [0.05, 0.1) is 17.0 Å². The Kier molecular flexibility index (Phi) is 6.93. The number of nitrogens with zero attached hydrogens (tertiary/aromatic N) is 5. The molecule has 186 valence electrons. The van der Waals surface area contributed by atoms with E-state index in [1.54, 1.807) is 4.80 Å². The average Bonchev–Trinajstić information content (AvgIpc) is 3.48. The molecule has 0 spiro atoms. The number of hydrogen-bond donors (Lipinski definition) is 1. The van der Waals surface area contributed by atoms with E-state index in [0.717, 1.165) is 44.5 Å². The number of piperidine rings is 1. The number of rotatable bonds is 6. The van der Waals surface area contributed by atoms with E-state index in [-0.39, 0.29) is 36.0 Å². The Bertz CT molecular complexity index is 988. The molecule has 0 bridgehead atoms. The van der Waals surface area contributed by atoms with Gasteiger partial charge in [0.15, 0.2) is 6.33 Å². The first-order chi connectivity index (χ1) is 16.1. The van der Waals surface area contributed by atoms with Gasteiger partial charge in [0.25, 0.3) is 0 Å². The molecule has 0 unspecified atom stereocenters. The van der Waals surface area contributed by atoms with Crippen LogP contribution in [-0.4, -0.2) is 50.1 Å². The quantitative estimate of drug-likeness (QED) is 0.631. The number of benzene rings is 1. The van der Waals surface area contributed by atoms with Crippen molar-refractivity contribution in [1.82, 2.24) is 30.4 Å². The minimum atomic E-state index is -4.64. The van der Waals surface area contributed by atoms with Gasteiger partial charge in [0, 0.05) is 25.7 Å². The molecule has 1 amide bonds. The van der Waals surface area contributed by atoms with Crippen LogP contribution in [-0.2, 0) is 17.5 Å². The van der Waals surface area contributed by atoms with E-state index in [4.69, 9.17) is 0 Å². The number of nitrogens with one attached hydrogen (secondary N) is 1. The highest BCUT2D eigenvalue weighted by molar-refractivity contribution is 5.83. The number of alkyl halides is 3. The molecule has 4 rings (SSSR count). The van der Waals surface area contributed by atoms with E-state index in [0.29, 0.717) is 18.9 Å². The van der Waals surface area contributed by atoms with Gasteiger partial charge >= 0.3 is 6.18 Å².